The number of nitrogens with zero attached hydrogens (tertiary/aromatic N) is 4. The van der Waals surface area contributed by atoms with Crippen LogP contribution in [0.15, 0.2) is 6.07 Å². The second-order valence-electron chi connectivity index (χ2n) is 6.40. The predicted octanol–water partition coefficient (Wildman–Crippen LogP) is 2.64. The Morgan fingerprint density at radius 2 is 2.20 bits per heavy atom. The Hall–Kier alpha value is -2.62. The van der Waals surface area contributed by atoms with E-state index in [9.17, 15) is 10.1 Å². The van der Waals surface area contributed by atoms with Gasteiger partial charge in [0.15, 0.2) is 5.65 Å². The lowest BCUT2D eigenvalue weighted by Crippen LogP contribution is -2.41. The minimum Gasteiger partial charge on any atom is -0.338 e. The lowest BCUT2D eigenvalue weighted by atomic mass is 10.1. The number of carbonyl (C=O) groups excluding carboxylic acids is 1. The highest BCUT2D eigenvalue weighted by Gasteiger charge is 2.15. The summed E-state index contributed by atoms with van der Waals surface area (Å²) in [6.45, 7) is 8.48. The van der Waals surface area contributed by atoms with E-state index in [-0.39, 0.29) is 12.1 Å². The van der Waals surface area contributed by atoms with Crippen LogP contribution in [0.2, 0.25) is 0 Å². The number of aryl methyl sites for hydroxylation is 3. The number of rotatable bonds is 7. The van der Waals surface area contributed by atoms with Crippen LogP contribution in [0.3, 0.4) is 0 Å². The SMILES string of the molecule is CCC[C@H](C)NC(=O)NCCCc1nn2c(C)cc(C)nc2c1C#N. The third-order valence-electron chi connectivity index (χ3n) is 4.05. The average Bonchev–Trinajstić information content (AvgIpc) is 2.89. The molecule has 2 aromatic heterocycles. The van der Waals surface area contributed by atoms with Gasteiger partial charge in [0.05, 0.1) is 5.69 Å². The maximum atomic E-state index is 11.8. The van der Waals surface area contributed by atoms with Crippen LogP contribution < -0.4 is 10.6 Å². The zero-order valence-electron chi connectivity index (χ0n) is 15.4. The quantitative estimate of drug-likeness (QED) is 0.756. The van der Waals surface area contributed by atoms with Crippen LogP contribution in [0.4, 0.5) is 4.79 Å². The van der Waals surface area contributed by atoms with Crippen LogP contribution in [0.5, 0.6) is 0 Å². The van der Waals surface area contributed by atoms with Crippen LogP contribution >= 0.6 is 0 Å². The molecule has 7 nitrogen and oxygen atoms in total. The Balaban J connectivity index is 1.94. The molecule has 134 valence electrons. The first kappa shape index (κ1) is 18.7. The Labute approximate surface area is 148 Å². The number of carbonyl (C=O) groups is 1. The van der Waals surface area contributed by atoms with E-state index in [0.29, 0.717) is 30.6 Å². The summed E-state index contributed by atoms with van der Waals surface area (Å²) < 4.78 is 1.72. The van der Waals surface area contributed by atoms with Gasteiger partial charge in [-0.2, -0.15) is 10.4 Å². The second kappa shape index (κ2) is 8.47. The van der Waals surface area contributed by atoms with E-state index in [1.807, 2.05) is 26.8 Å². The minimum atomic E-state index is -0.149. The molecule has 2 rings (SSSR count). The molecule has 7 heteroatoms. The molecule has 0 saturated heterocycles. The molecule has 2 amide bonds. The van der Waals surface area contributed by atoms with Gasteiger partial charge >= 0.3 is 6.03 Å². The number of nitrogens with one attached hydrogen (secondary N) is 2. The van der Waals surface area contributed by atoms with Crippen molar-refractivity contribution in [2.75, 3.05) is 6.54 Å². The van der Waals surface area contributed by atoms with Crippen molar-refractivity contribution in [2.24, 2.45) is 0 Å². The van der Waals surface area contributed by atoms with Crippen molar-refractivity contribution in [2.45, 2.75) is 59.4 Å². The highest BCUT2D eigenvalue weighted by Crippen LogP contribution is 2.17. The fourth-order valence-corrected chi connectivity index (χ4v) is 2.89. The molecule has 0 bridgehead atoms. The Kier molecular flexibility index (Phi) is 6.34. The molecule has 2 heterocycles. The summed E-state index contributed by atoms with van der Waals surface area (Å²) in [5, 5.41) is 19.7. The molecular weight excluding hydrogens is 316 g/mol. The third kappa shape index (κ3) is 4.69. The van der Waals surface area contributed by atoms with E-state index < -0.39 is 0 Å². The highest BCUT2D eigenvalue weighted by molar-refractivity contribution is 5.74. The monoisotopic (exact) mass is 342 g/mol. The van der Waals surface area contributed by atoms with Crippen LogP contribution in [0, 0.1) is 25.2 Å². The van der Waals surface area contributed by atoms with Gasteiger partial charge in [-0.1, -0.05) is 13.3 Å². The first-order chi connectivity index (χ1) is 12.0. The zero-order valence-corrected chi connectivity index (χ0v) is 15.4. The van der Waals surface area contributed by atoms with Crippen molar-refractivity contribution in [3.05, 3.63) is 28.7 Å². The van der Waals surface area contributed by atoms with Gasteiger partial charge in [-0.25, -0.2) is 14.3 Å². The van der Waals surface area contributed by atoms with Gasteiger partial charge in [0, 0.05) is 24.0 Å². The van der Waals surface area contributed by atoms with E-state index in [0.717, 1.165) is 29.9 Å². The van der Waals surface area contributed by atoms with Gasteiger partial charge in [0.1, 0.15) is 11.6 Å². The molecule has 0 aliphatic heterocycles. The molecule has 0 spiro atoms. The molecule has 2 N–H and O–H groups in total. The molecule has 0 radical (unpaired) electrons. The average molecular weight is 342 g/mol. The van der Waals surface area contributed by atoms with Gasteiger partial charge < -0.3 is 10.6 Å². The first-order valence-electron chi connectivity index (χ1n) is 8.76. The smallest absolute Gasteiger partial charge is 0.314 e. The number of nitriles is 1. The lowest BCUT2D eigenvalue weighted by Gasteiger charge is -2.13. The van der Waals surface area contributed by atoms with Gasteiger partial charge in [-0.3, -0.25) is 0 Å². The van der Waals surface area contributed by atoms with Crippen LogP contribution in [-0.2, 0) is 6.42 Å². The normalized spacial score (nSPS) is 12.0. The Morgan fingerprint density at radius 3 is 2.88 bits per heavy atom. The topological polar surface area (TPSA) is 95.1 Å². The number of aromatic nitrogens is 3. The van der Waals surface area contributed by atoms with Gasteiger partial charge in [-0.15, -0.1) is 0 Å². The Morgan fingerprint density at radius 1 is 1.44 bits per heavy atom. The molecule has 0 aromatic carbocycles. The fraction of sp³-hybridized carbons (Fsp3) is 0.556. The standard InChI is InChI=1S/C18H26N6O/c1-5-7-12(2)22-18(25)20-9-6-8-16-15(11-19)17-21-13(3)10-14(4)24(17)23-16/h10,12H,5-9H2,1-4H3,(H2,20,22,25)/t12-/m0/s1. The molecule has 0 fully saturated rings. The maximum Gasteiger partial charge on any atom is 0.314 e. The number of hydrogen-bond donors (Lipinski definition) is 2. The third-order valence-corrected chi connectivity index (χ3v) is 4.05. The summed E-state index contributed by atoms with van der Waals surface area (Å²) in [6, 6.07) is 4.18. The van der Waals surface area contributed by atoms with Gasteiger partial charge in [-0.05, 0) is 46.1 Å². The molecular formula is C18H26N6O. The zero-order chi connectivity index (χ0) is 18.4. The van der Waals surface area contributed by atoms with E-state index >= 15 is 0 Å². The minimum absolute atomic E-state index is 0.149. The molecule has 0 aliphatic carbocycles. The van der Waals surface area contributed by atoms with Crippen molar-refractivity contribution in [1.29, 1.82) is 5.26 Å². The van der Waals surface area contributed by atoms with Gasteiger partial charge in [0.2, 0.25) is 0 Å². The second-order valence-corrected chi connectivity index (χ2v) is 6.40. The number of hydrogen-bond acceptors (Lipinski definition) is 4. The molecule has 0 saturated carbocycles. The predicted molar refractivity (Wildman–Crippen MR) is 96.4 cm³/mol. The summed E-state index contributed by atoms with van der Waals surface area (Å²) in [4.78, 5) is 16.2. The van der Waals surface area contributed by atoms with E-state index in [1.165, 1.54) is 0 Å². The first-order valence-corrected chi connectivity index (χ1v) is 8.76. The fourth-order valence-electron chi connectivity index (χ4n) is 2.89. The summed E-state index contributed by atoms with van der Waals surface area (Å²) >= 11 is 0. The van der Waals surface area contributed by atoms with Crippen LogP contribution in [-0.4, -0.2) is 33.2 Å². The molecule has 1 atom stereocenters. The molecule has 0 unspecified atom stereocenters. The number of amides is 2. The largest absolute Gasteiger partial charge is 0.338 e. The van der Waals surface area contributed by atoms with Crippen molar-refractivity contribution < 1.29 is 4.79 Å². The molecule has 0 aliphatic rings. The van der Waals surface area contributed by atoms with Crippen molar-refractivity contribution in [3.63, 3.8) is 0 Å². The van der Waals surface area contributed by atoms with Crippen molar-refractivity contribution in [1.82, 2.24) is 25.2 Å². The van der Waals surface area contributed by atoms with Crippen molar-refractivity contribution >= 4 is 11.7 Å². The van der Waals surface area contributed by atoms with Gasteiger partial charge in [0.25, 0.3) is 0 Å². The molecule has 25 heavy (non-hydrogen) atoms. The summed E-state index contributed by atoms with van der Waals surface area (Å²) in [5.74, 6) is 0. The summed E-state index contributed by atoms with van der Waals surface area (Å²) in [5.41, 5.74) is 3.67. The molecule has 2 aromatic rings. The van der Waals surface area contributed by atoms with Crippen LogP contribution in [0.1, 0.15) is 55.8 Å². The van der Waals surface area contributed by atoms with Crippen molar-refractivity contribution in [3.8, 4) is 6.07 Å². The summed E-state index contributed by atoms with van der Waals surface area (Å²) in [6.07, 6.45) is 3.34. The lowest BCUT2D eigenvalue weighted by molar-refractivity contribution is 0.237. The Bertz CT molecular complexity index is 789. The van der Waals surface area contributed by atoms with Crippen LogP contribution in [0.25, 0.3) is 5.65 Å². The van der Waals surface area contributed by atoms with E-state index in [4.69, 9.17) is 0 Å². The number of urea groups is 1. The highest BCUT2D eigenvalue weighted by atomic mass is 16.2. The number of fused-ring (bicyclic) bond motifs is 1. The maximum absolute atomic E-state index is 11.8. The van der Waals surface area contributed by atoms with E-state index in [2.05, 4.69) is 33.7 Å². The van der Waals surface area contributed by atoms with E-state index in [1.54, 1.807) is 4.52 Å². The summed E-state index contributed by atoms with van der Waals surface area (Å²) in [7, 11) is 0.